The Balaban J connectivity index is 3.35. The largest absolute Gasteiger partial charge is 0.411 e. The Kier molecular flexibility index (Phi) is 0.768. The van der Waals surface area contributed by atoms with Crippen LogP contribution in [0.1, 0.15) is 0 Å². The third kappa shape index (κ3) is 0.534. The monoisotopic (exact) mass is 115 g/mol. The minimum atomic E-state index is -0.412. The lowest BCUT2D eigenvalue weighted by Gasteiger charge is -1.87. The molecule has 0 aliphatic carbocycles. The Morgan fingerprint density at radius 3 is 2.62 bits per heavy atom. The maximum atomic E-state index is 10.2. The molecular formula is C3H5N3O2. The molecule has 0 atom stereocenters. The van der Waals surface area contributed by atoms with Gasteiger partial charge in [0, 0.05) is 0 Å². The van der Waals surface area contributed by atoms with Gasteiger partial charge >= 0.3 is 0 Å². The number of nitrogen functional groups attached to an aromatic ring is 1. The summed E-state index contributed by atoms with van der Waals surface area (Å²) >= 11 is 0. The molecular weight excluding hydrogens is 110 g/mol. The van der Waals surface area contributed by atoms with E-state index in [4.69, 9.17) is 10.9 Å². The molecule has 0 bridgehead atoms. The van der Waals surface area contributed by atoms with Crippen LogP contribution in [0.15, 0.2) is 10.9 Å². The zero-order valence-corrected chi connectivity index (χ0v) is 3.96. The standard InChI is InChI=1S/C3H5N3O2/c4-2-1-3(7)5-6(2)8/h1,8H,4H2,(H,5,7). The fourth-order valence-electron chi connectivity index (χ4n) is 0.397. The normalized spacial score (nSPS) is 9.50. The first-order valence-electron chi connectivity index (χ1n) is 1.97. The molecule has 1 heterocycles. The number of nitrogens with one attached hydrogen (secondary N) is 1. The Morgan fingerprint density at radius 1 is 1.88 bits per heavy atom. The van der Waals surface area contributed by atoms with Crippen LogP contribution >= 0.6 is 0 Å². The van der Waals surface area contributed by atoms with E-state index in [-0.39, 0.29) is 5.82 Å². The summed E-state index contributed by atoms with van der Waals surface area (Å²) in [5.41, 5.74) is 4.61. The highest BCUT2D eigenvalue weighted by atomic mass is 16.5. The summed E-state index contributed by atoms with van der Waals surface area (Å²) < 4.78 is 0. The summed E-state index contributed by atoms with van der Waals surface area (Å²) in [6.45, 7) is 0. The molecule has 0 spiro atoms. The Labute approximate surface area is 44.3 Å². The van der Waals surface area contributed by atoms with Gasteiger partial charge in [-0.25, -0.2) is 5.10 Å². The molecule has 0 amide bonds. The topological polar surface area (TPSA) is 84.0 Å². The first-order chi connectivity index (χ1) is 3.70. The molecule has 8 heavy (non-hydrogen) atoms. The van der Waals surface area contributed by atoms with E-state index in [1.807, 2.05) is 5.10 Å². The first kappa shape index (κ1) is 4.76. The van der Waals surface area contributed by atoms with Crippen LogP contribution in [0.2, 0.25) is 0 Å². The molecule has 5 heteroatoms. The number of anilines is 1. The van der Waals surface area contributed by atoms with Crippen molar-refractivity contribution in [3.8, 4) is 0 Å². The number of hydrogen-bond donors (Lipinski definition) is 3. The lowest BCUT2D eigenvalue weighted by molar-refractivity contribution is 0.153. The SMILES string of the molecule is Nc1cc(=O)[nH]n1O. The van der Waals surface area contributed by atoms with Crippen LogP contribution in [0.25, 0.3) is 0 Å². The van der Waals surface area contributed by atoms with Crippen molar-refractivity contribution in [1.29, 1.82) is 0 Å². The zero-order valence-electron chi connectivity index (χ0n) is 3.96. The van der Waals surface area contributed by atoms with Crippen molar-refractivity contribution < 1.29 is 5.21 Å². The van der Waals surface area contributed by atoms with Gasteiger partial charge < -0.3 is 10.9 Å². The van der Waals surface area contributed by atoms with Crippen LogP contribution < -0.4 is 11.3 Å². The summed E-state index contributed by atoms with van der Waals surface area (Å²) in [7, 11) is 0. The Morgan fingerprint density at radius 2 is 2.50 bits per heavy atom. The van der Waals surface area contributed by atoms with E-state index >= 15 is 0 Å². The maximum Gasteiger partial charge on any atom is 0.268 e. The molecule has 44 valence electrons. The third-order valence-electron chi connectivity index (χ3n) is 0.740. The van der Waals surface area contributed by atoms with Crippen molar-refractivity contribution in [3.05, 3.63) is 16.4 Å². The Bertz CT molecular complexity index is 212. The molecule has 1 rings (SSSR count). The Hall–Kier alpha value is -1.39. The van der Waals surface area contributed by atoms with Crippen LogP contribution in [0.5, 0.6) is 0 Å². The van der Waals surface area contributed by atoms with Gasteiger partial charge in [0.15, 0.2) is 5.82 Å². The van der Waals surface area contributed by atoms with Gasteiger partial charge in [0.2, 0.25) is 0 Å². The van der Waals surface area contributed by atoms with Crippen molar-refractivity contribution in [2.45, 2.75) is 0 Å². The van der Waals surface area contributed by atoms with E-state index in [2.05, 4.69) is 0 Å². The van der Waals surface area contributed by atoms with Gasteiger partial charge in [-0.1, -0.05) is 0 Å². The lowest BCUT2D eigenvalue weighted by atomic mass is 10.7. The highest BCUT2D eigenvalue weighted by Gasteiger charge is 1.92. The molecule has 1 aromatic heterocycles. The van der Waals surface area contributed by atoms with Gasteiger partial charge in [-0.3, -0.25) is 4.79 Å². The van der Waals surface area contributed by atoms with Crippen molar-refractivity contribution >= 4 is 5.82 Å². The predicted molar refractivity (Wildman–Crippen MR) is 26.6 cm³/mol. The molecule has 0 aliphatic rings. The minimum absolute atomic E-state index is 0.00926. The second-order valence-corrected chi connectivity index (χ2v) is 1.36. The van der Waals surface area contributed by atoms with E-state index in [9.17, 15) is 4.79 Å². The average Bonchev–Trinajstić information content (AvgIpc) is 1.85. The molecule has 1 aromatic rings. The number of nitrogens with zero attached hydrogens (tertiary/aromatic N) is 1. The van der Waals surface area contributed by atoms with Gasteiger partial charge in [-0.2, -0.15) is 0 Å². The van der Waals surface area contributed by atoms with Crippen molar-refractivity contribution in [1.82, 2.24) is 9.94 Å². The quantitative estimate of drug-likeness (QED) is 0.379. The number of hydrogen-bond acceptors (Lipinski definition) is 3. The minimum Gasteiger partial charge on any atom is -0.411 e. The highest BCUT2D eigenvalue weighted by Crippen LogP contribution is 1.87. The smallest absolute Gasteiger partial charge is 0.268 e. The van der Waals surface area contributed by atoms with E-state index in [1.165, 1.54) is 0 Å². The van der Waals surface area contributed by atoms with E-state index in [1.54, 1.807) is 0 Å². The number of H-pyrrole nitrogens is 1. The number of nitrogens with two attached hydrogens (primary N) is 1. The number of aromatic nitrogens is 2. The molecule has 0 saturated carbocycles. The van der Waals surface area contributed by atoms with Crippen molar-refractivity contribution in [3.63, 3.8) is 0 Å². The van der Waals surface area contributed by atoms with Gasteiger partial charge in [0.25, 0.3) is 5.56 Å². The zero-order chi connectivity index (χ0) is 6.15. The third-order valence-corrected chi connectivity index (χ3v) is 0.740. The van der Waals surface area contributed by atoms with Crippen LogP contribution in [0.3, 0.4) is 0 Å². The summed E-state index contributed by atoms with van der Waals surface area (Å²) in [5.74, 6) is 0.00926. The molecule has 0 unspecified atom stereocenters. The van der Waals surface area contributed by atoms with Crippen LogP contribution in [-0.4, -0.2) is 15.2 Å². The predicted octanol–water partition coefficient (Wildman–Crippen LogP) is -1.00. The van der Waals surface area contributed by atoms with Crippen molar-refractivity contribution in [2.75, 3.05) is 5.73 Å². The van der Waals surface area contributed by atoms with E-state index in [0.717, 1.165) is 6.07 Å². The number of rotatable bonds is 0. The van der Waals surface area contributed by atoms with Gasteiger partial charge in [0.05, 0.1) is 6.07 Å². The molecule has 0 fully saturated rings. The summed E-state index contributed by atoms with van der Waals surface area (Å²) in [6.07, 6.45) is 0. The molecule has 0 aliphatic heterocycles. The van der Waals surface area contributed by atoms with Crippen LogP contribution in [0.4, 0.5) is 5.82 Å². The first-order valence-corrected chi connectivity index (χ1v) is 1.97. The molecule has 0 aromatic carbocycles. The van der Waals surface area contributed by atoms with Gasteiger partial charge in [-0.05, 0) is 0 Å². The van der Waals surface area contributed by atoms with Crippen LogP contribution in [0, 0.1) is 0 Å². The van der Waals surface area contributed by atoms with Crippen molar-refractivity contribution in [2.24, 2.45) is 0 Å². The number of aromatic amines is 1. The second-order valence-electron chi connectivity index (χ2n) is 1.36. The second kappa shape index (κ2) is 1.29. The fraction of sp³-hybridized carbons (Fsp3) is 0. The van der Waals surface area contributed by atoms with Gasteiger partial charge in [-0.15, -0.1) is 4.85 Å². The lowest BCUT2D eigenvalue weighted by Crippen LogP contribution is -2.02. The summed E-state index contributed by atoms with van der Waals surface area (Å²) in [6, 6.07) is 1.08. The maximum absolute atomic E-state index is 10.2. The van der Waals surface area contributed by atoms with E-state index < -0.39 is 5.56 Å². The summed E-state index contributed by atoms with van der Waals surface area (Å²) in [5, 5.41) is 10.5. The fourth-order valence-corrected chi connectivity index (χ4v) is 0.397. The molecule has 0 saturated heterocycles. The van der Waals surface area contributed by atoms with Gasteiger partial charge in [0.1, 0.15) is 0 Å². The summed E-state index contributed by atoms with van der Waals surface area (Å²) in [4.78, 5) is 10.7. The average molecular weight is 115 g/mol. The highest BCUT2D eigenvalue weighted by molar-refractivity contribution is 5.24. The van der Waals surface area contributed by atoms with Crippen LogP contribution in [-0.2, 0) is 0 Å². The molecule has 5 nitrogen and oxygen atoms in total. The van der Waals surface area contributed by atoms with E-state index in [0.29, 0.717) is 4.85 Å². The molecule has 4 N–H and O–H groups in total. The molecule has 0 radical (unpaired) electrons.